The van der Waals surface area contributed by atoms with Gasteiger partial charge < -0.3 is 15.0 Å². The molecule has 0 fully saturated rings. The summed E-state index contributed by atoms with van der Waals surface area (Å²) < 4.78 is 1.78. The Morgan fingerprint density at radius 2 is 2.30 bits per heavy atom. The average molecular weight is 275 g/mol. The van der Waals surface area contributed by atoms with Crippen molar-refractivity contribution in [2.24, 2.45) is 5.92 Å². The predicted molar refractivity (Wildman–Crippen MR) is 78.1 cm³/mol. The van der Waals surface area contributed by atoms with Crippen LogP contribution in [0.3, 0.4) is 0 Å². The van der Waals surface area contributed by atoms with Gasteiger partial charge in [0.25, 0.3) is 0 Å². The van der Waals surface area contributed by atoms with Crippen LogP contribution in [0.4, 0.5) is 0 Å². The molecule has 0 unspecified atom stereocenters. The van der Waals surface area contributed by atoms with E-state index in [1.807, 2.05) is 12.1 Å². The zero-order valence-corrected chi connectivity index (χ0v) is 12.0. The lowest BCUT2D eigenvalue weighted by Gasteiger charge is -2.08. The molecular formula is C15H21N3O2. The fourth-order valence-corrected chi connectivity index (χ4v) is 2.15. The number of carbonyl (C=O) groups excluding carboxylic acids is 1. The molecule has 0 spiro atoms. The second-order valence-electron chi connectivity index (χ2n) is 5.35. The van der Waals surface area contributed by atoms with Crippen LogP contribution in [-0.2, 0) is 17.9 Å². The molecule has 5 heteroatoms. The first kappa shape index (κ1) is 14.5. The molecule has 0 atom stereocenters. The molecule has 0 radical (unpaired) electrons. The number of aliphatic hydroxyl groups is 1. The second-order valence-corrected chi connectivity index (χ2v) is 5.35. The molecule has 20 heavy (non-hydrogen) atoms. The van der Waals surface area contributed by atoms with Gasteiger partial charge in [-0.25, -0.2) is 4.98 Å². The van der Waals surface area contributed by atoms with E-state index in [4.69, 9.17) is 0 Å². The summed E-state index contributed by atoms with van der Waals surface area (Å²) >= 11 is 0. The maximum atomic E-state index is 11.9. The minimum absolute atomic E-state index is 0.0299. The number of fused-ring (bicyclic) bond motifs is 1. The Morgan fingerprint density at radius 3 is 3.00 bits per heavy atom. The molecule has 2 N–H and O–H groups in total. The number of hydrogen-bond acceptors (Lipinski definition) is 3. The monoisotopic (exact) mass is 275 g/mol. The van der Waals surface area contributed by atoms with Crippen LogP contribution in [0.25, 0.3) is 11.0 Å². The predicted octanol–water partition coefficient (Wildman–Crippen LogP) is 1.69. The molecule has 0 aliphatic carbocycles. The minimum atomic E-state index is -0.0514. The molecule has 2 aromatic heterocycles. The van der Waals surface area contributed by atoms with Crippen molar-refractivity contribution >= 4 is 16.9 Å². The first-order valence-corrected chi connectivity index (χ1v) is 6.92. The van der Waals surface area contributed by atoms with E-state index < -0.39 is 0 Å². The Hall–Kier alpha value is -1.88. The highest BCUT2D eigenvalue weighted by molar-refractivity contribution is 5.83. The summed E-state index contributed by atoms with van der Waals surface area (Å²) in [5.41, 5.74) is 1.53. The van der Waals surface area contributed by atoms with Gasteiger partial charge in [0.2, 0.25) is 5.91 Å². The second kappa shape index (κ2) is 6.52. The number of pyridine rings is 1. The van der Waals surface area contributed by atoms with E-state index in [0.717, 1.165) is 23.0 Å². The Labute approximate surface area is 118 Å². The summed E-state index contributed by atoms with van der Waals surface area (Å²) in [6, 6.07) is 3.73. The highest BCUT2D eigenvalue weighted by Gasteiger charge is 2.11. The molecule has 0 aromatic carbocycles. The minimum Gasteiger partial charge on any atom is -0.392 e. The van der Waals surface area contributed by atoms with Crippen LogP contribution in [0, 0.1) is 5.92 Å². The molecule has 0 saturated heterocycles. The number of nitrogens with one attached hydrogen (secondary N) is 1. The fourth-order valence-electron chi connectivity index (χ4n) is 2.15. The van der Waals surface area contributed by atoms with Crippen LogP contribution in [0.15, 0.2) is 24.5 Å². The molecule has 2 heterocycles. The Balaban J connectivity index is 2.08. The van der Waals surface area contributed by atoms with E-state index >= 15 is 0 Å². The first-order valence-electron chi connectivity index (χ1n) is 6.92. The van der Waals surface area contributed by atoms with Crippen LogP contribution in [0.2, 0.25) is 0 Å². The number of hydrogen-bond donors (Lipinski definition) is 2. The molecule has 0 aliphatic heterocycles. The van der Waals surface area contributed by atoms with E-state index in [-0.39, 0.29) is 19.1 Å². The number of nitrogens with zero attached hydrogens (tertiary/aromatic N) is 2. The molecule has 0 saturated carbocycles. The van der Waals surface area contributed by atoms with Crippen molar-refractivity contribution in [1.29, 1.82) is 0 Å². The van der Waals surface area contributed by atoms with Gasteiger partial charge in [-0.1, -0.05) is 13.8 Å². The Morgan fingerprint density at radius 1 is 1.50 bits per heavy atom. The van der Waals surface area contributed by atoms with E-state index in [1.54, 1.807) is 17.0 Å². The van der Waals surface area contributed by atoms with E-state index in [9.17, 15) is 9.90 Å². The van der Waals surface area contributed by atoms with Crippen LogP contribution in [0.5, 0.6) is 0 Å². The summed E-state index contributed by atoms with van der Waals surface area (Å²) in [4.78, 5) is 16.2. The standard InChI is InChI=1S/C15H21N3O2/c1-11(2)5-7-16-14(20)9-18-8-12(10-19)13-4-3-6-17-15(13)18/h3-4,6,8,11,19H,5,7,9-10H2,1-2H3,(H,16,20). The summed E-state index contributed by atoms with van der Waals surface area (Å²) in [6.07, 6.45) is 4.45. The largest absolute Gasteiger partial charge is 0.392 e. The summed E-state index contributed by atoms with van der Waals surface area (Å²) in [5, 5.41) is 13.1. The molecule has 0 aliphatic rings. The van der Waals surface area contributed by atoms with Gasteiger partial charge >= 0.3 is 0 Å². The highest BCUT2D eigenvalue weighted by Crippen LogP contribution is 2.19. The molecule has 1 amide bonds. The van der Waals surface area contributed by atoms with Gasteiger partial charge in [0.15, 0.2) is 0 Å². The zero-order valence-electron chi connectivity index (χ0n) is 12.0. The molecule has 0 bridgehead atoms. The van der Waals surface area contributed by atoms with Gasteiger partial charge in [0.1, 0.15) is 12.2 Å². The van der Waals surface area contributed by atoms with Crippen LogP contribution >= 0.6 is 0 Å². The first-order chi connectivity index (χ1) is 9.61. The van der Waals surface area contributed by atoms with Gasteiger partial charge in [-0.3, -0.25) is 4.79 Å². The molecule has 2 rings (SSSR count). The number of aliphatic hydroxyl groups excluding tert-OH is 1. The maximum Gasteiger partial charge on any atom is 0.239 e. The van der Waals surface area contributed by atoms with Crippen molar-refractivity contribution < 1.29 is 9.90 Å². The highest BCUT2D eigenvalue weighted by atomic mass is 16.3. The number of amides is 1. The van der Waals surface area contributed by atoms with E-state index in [0.29, 0.717) is 12.5 Å². The quantitative estimate of drug-likeness (QED) is 0.843. The van der Waals surface area contributed by atoms with E-state index in [1.165, 1.54) is 0 Å². The van der Waals surface area contributed by atoms with Crippen LogP contribution < -0.4 is 5.32 Å². The van der Waals surface area contributed by atoms with E-state index in [2.05, 4.69) is 24.1 Å². The number of rotatable bonds is 6. The Kier molecular flexibility index (Phi) is 4.74. The van der Waals surface area contributed by atoms with Crippen molar-refractivity contribution in [3.63, 3.8) is 0 Å². The van der Waals surface area contributed by atoms with Crippen LogP contribution in [0.1, 0.15) is 25.8 Å². The third kappa shape index (κ3) is 3.36. The summed E-state index contributed by atoms with van der Waals surface area (Å²) in [7, 11) is 0. The molecular weight excluding hydrogens is 254 g/mol. The third-order valence-corrected chi connectivity index (χ3v) is 3.24. The number of aromatic nitrogens is 2. The summed E-state index contributed by atoms with van der Waals surface area (Å²) in [5.74, 6) is 0.544. The maximum absolute atomic E-state index is 11.9. The molecule has 2 aromatic rings. The smallest absolute Gasteiger partial charge is 0.239 e. The zero-order chi connectivity index (χ0) is 14.5. The van der Waals surface area contributed by atoms with Gasteiger partial charge in [-0.05, 0) is 24.5 Å². The SMILES string of the molecule is CC(C)CCNC(=O)Cn1cc(CO)c2cccnc21. The van der Waals surface area contributed by atoms with Crippen molar-refractivity contribution in [2.75, 3.05) is 6.54 Å². The van der Waals surface area contributed by atoms with Crippen molar-refractivity contribution in [3.8, 4) is 0 Å². The number of carbonyl (C=O) groups is 1. The van der Waals surface area contributed by atoms with Crippen molar-refractivity contribution in [1.82, 2.24) is 14.9 Å². The lowest BCUT2D eigenvalue weighted by Crippen LogP contribution is -2.28. The van der Waals surface area contributed by atoms with Crippen LogP contribution in [-0.4, -0.2) is 27.1 Å². The normalized spacial score (nSPS) is 11.2. The molecule has 108 valence electrons. The van der Waals surface area contributed by atoms with Gasteiger partial charge in [-0.15, -0.1) is 0 Å². The lowest BCUT2D eigenvalue weighted by molar-refractivity contribution is -0.121. The fraction of sp³-hybridized carbons (Fsp3) is 0.467. The third-order valence-electron chi connectivity index (χ3n) is 3.24. The van der Waals surface area contributed by atoms with Gasteiger partial charge in [0.05, 0.1) is 6.61 Å². The van der Waals surface area contributed by atoms with Crippen molar-refractivity contribution in [2.45, 2.75) is 33.4 Å². The Bertz CT molecular complexity index is 590. The summed E-state index contributed by atoms with van der Waals surface area (Å²) in [6.45, 7) is 5.12. The van der Waals surface area contributed by atoms with Crippen molar-refractivity contribution in [3.05, 3.63) is 30.1 Å². The lowest BCUT2D eigenvalue weighted by atomic mass is 10.1. The molecule has 5 nitrogen and oxygen atoms in total. The van der Waals surface area contributed by atoms with Gasteiger partial charge in [0, 0.05) is 29.9 Å². The average Bonchev–Trinajstić information content (AvgIpc) is 2.77. The van der Waals surface area contributed by atoms with Gasteiger partial charge in [-0.2, -0.15) is 0 Å². The topological polar surface area (TPSA) is 67.2 Å².